The standard InChI is InChI=1S/C5H11NO2S.ClH/c1-5(6,3-9)4(7)8-2;/h9H,3,6H2,1-2H3;1H/t5-;/m1./s1. The van der Waals surface area contributed by atoms with Gasteiger partial charge >= 0.3 is 5.97 Å². The van der Waals surface area contributed by atoms with Crippen molar-refractivity contribution in [3.8, 4) is 0 Å². The Morgan fingerprint density at radius 3 is 2.30 bits per heavy atom. The number of hydrogen-bond acceptors (Lipinski definition) is 3. The van der Waals surface area contributed by atoms with Crippen molar-refractivity contribution >= 4 is 18.6 Å². The van der Waals surface area contributed by atoms with E-state index in [0.29, 0.717) is 5.75 Å². The van der Waals surface area contributed by atoms with Crippen LogP contribution in [-0.2, 0) is 9.53 Å². The molecule has 0 saturated carbocycles. The first-order chi connectivity index (χ1) is 4.04. The van der Waals surface area contributed by atoms with Crippen LogP contribution >= 0.6 is 12.6 Å². The van der Waals surface area contributed by atoms with Crippen molar-refractivity contribution < 1.29 is 27.7 Å². The minimum atomic E-state index is -0.697. The van der Waals surface area contributed by atoms with Crippen molar-refractivity contribution in [3.05, 3.63) is 0 Å². The van der Waals surface area contributed by atoms with E-state index in [1.165, 1.54) is 7.11 Å². The van der Waals surface area contributed by atoms with E-state index in [1.807, 2.05) is 0 Å². The highest BCUT2D eigenvalue weighted by Gasteiger charge is 2.31. The van der Waals surface area contributed by atoms with Gasteiger partial charge in [-0.25, -0.2) is 4.79 Å². The summed E-state index contributed by atoms with van der Waals surface area (Å²) in [5.74, 6) is 0.0807. The molecule has 0 aliphatic rings. The molecule has 10 heavy (non-hydrogen) atoms. The van der Waals surface area contributed by atoms with Gasteiger partial charge in [0.05, 0.1) is 12.9 Å². The van der Waals surface area contributed by atoms with Crippen LogP contribution in [0.3, 0.4) is 0 Å². The van der Waals surface area contributed by atoms with Crippen LogP contribution < -0.4 is 18.1 Å². The summed E-state index contributed by atoms with van der Waals surface area (Å²) in [5, 5.41) is 0. The number of rotatable bonds is 2. The lowest BCUT2D eigenvalue weighted by atomic mass is 10.1. The first-order valence-corrected chi connectivity index (χ1v) is 3.22. The Kier molecular flexibility index (Phi) is 6.13. The van der Waals surface area contributed by atoms with Crippen LogP contribution in [0.2, 0.25) is 0 Å². The third-order valence-electron chi connectivity index (χ3n) is 1.03. The van der Waals surface area contributed by atoms with E-state index in [2.05, 4.69) is 23.1 Å². The van der Waals surface area contributed by atoms with Crippen molar-refractivity contribution in [2.75, 3.05) is 12.9 Å². The average Bonchev–Trinajstić information content (AvgIpc) is 1.86. The molecule has 0 radical (unpaired) electrons. The van der Waals surface area contributed by atoms with Crippen LogP contribution in [0.1, 0.15) is 6.92 Å². The maximum atomic E-state index is 10.7. The van der Waals surface area contributed by atoms with Gasteiger partial charge in [-0.1, -0.05) is 0 Å². The van der Waals surface area contributed by atoms with Crippen LogP contribution in [0.15, 0.2) is 0 Å². The van der Waals surface area contributed by atoms with Crippen molar-refractivity contribution in [3.63, 3.8) is 0 Å². The number of thiol groups is 1. The highest BCUT2D eigenvalue weighted by Crippen LogP contribution is 1.99. The molecule has 3 N–H and O–H groups in total. The molecule has 0 aliphatic carbocycles. The Bertz CT molecular complexity index is 118. The second-order valence-electron chi connectivity index (χ2n) is 2.21. The molecule has 3 nitrogen and oxygen atoms in total. The monoisotopic (exact) mass is 185 g/mol. The molecule has 0 rings (SSSR count). The van der Waals surface area contributed by atoms with Crippen LogP contribution in [0.4, 0.5) is 0 Å². The Morgan fingerprint density at radius 1 is 1.80 bits per heavy atom. The number of esters is 1. The molecule has 0 heterocycles. The predicted octanol–water partition coefficient (Wildman–Crippen LogP) is -3.91. The molecule has 0 aromatic carbocycles. The van der Waals surface area contributed by atoms with E-state index in [0.717, 1.165) is 0 Å². The van der Waals surface area contributed by atoms with Crippen LogP contribution in [0, 0.1) is 0 Å². The SMILES string of the molecule is COC(=O)[C@](C)([NH3+])CS.[Cl-]. The molecule has 0 saturated heterocycles. The van der Waals surface area contributed by atoms with Gasteiger partial charge in [0.2, 0.25) is 0 Å². The third-order valence-corrected chi connectivity index (χ3v) is 1.73. The maximum absolute atomic E-state index is 10.7. The summed E-state index contributed by atoms with van der Waals surface area (Å²) < 4.78 is 4.46. The van der Waals surface area contributed by atoms with Crippen LogP contribution in [0.25, 0.3) is 0 Å². The lowest BCUT2D eigenvalue weighted by molar-refractivity contribution is -0.448. The molecular weight excluding hydrogens is 174 g/mol. The molecular formula is C5H12ClNO2S. The first-order valence-electron chi connectivity index (χ1n) is 2.59. The summed E-state index contributed by atoms with van der Waals surface area (Å²) in [5.41, 5.74) is 2.91. The van der Waals surface area contributed by atoms with Gasteiger partial charge in [-0.2, -0.15) is 12.6 Å². The van der Waals surface area contributed by atoms with E-state index < -0.39 is 5.54 Å². The topological polar surface area (TPSA) is 53.9 Å². The number of quaternary nitrogens is 1. The molecule has 0 spiro atoms. The summed E-state index contributed by atoms with van der Waals surface area (Å²) in [4.78, 5) is 10.7. The van der Waals surface area contributed by atoms with Gasteiger partial charge in [0.1, 0.15) is 0 Å². The third kappa shape index (κ3) is 3.29. The summed E-state index contributed by atoms with van der Waals surface area (Å²) in [6.45, 7) is 1.69. The minimum Gasteiger partial charge on any atom is -1.00 e. The van der Waals surface area contributed by atoms with Crippen molar-refractivity contribution in [2.24, 2.45) is 0 Å². The predicted molar refractivity (Wildman–Crippen MR) is 37.2 cm³/mol. The van der Waals surface area contributed by atoms with E-state index in [9.17, 15) is 4.79 Å². The van der Waals surface area contributed by atoms with E-state index >= 15 is 0 Å². The van der Waals surface area contributed by atoms with Gasteiger partial charge in [-0.3, -0.25) is 0 Å². The zero-order valence-electron chi connectivity index (χ0n) is 6.06. The van der Waals surface area contributed by atoms with Gasteiger partial charge in [0.25, 0.3) is 0 Å². The summed E-state index contributed by atoms with van der Waals surface area (Å²) in [6, 6.07) is 0. The Hall–Kier alpha value is 0.0700. The van der Waals surface area contributed by atoms with Gasteiger partial charge in [-0.15, -0.1) is 0 Å². The average molecular weight is 186 g/mol. The molecule has 5 heteroatoms. The molecule has 0 aliphatic heterocycles. The zero-order valence-corrected chi connectivity index (χ0v) is 7.71. The summed E-state index contributed by atoms with van der Waals surface area (Å²) >= 11 is 3.93. The van der Waals surface area contributed by atoms with E-state index in [-0.39, 0.29) is 18.4 Å². The summed E-state index contributed by atoms with van der Waals surface area (Å²) in [6.07, 6.45) is 0. The quantitative estimate of drug-likeness (QED) is 0.342. The molecule has 0 amide bonds. The molecule has 0 bridgehead atoms. The van der Waals surface area contributed by atoms with Gasteiger partial charge < -0.3 is 22.9 Å². The maximum Gasteiger partial charge on any atom is 0.368 e. The van der Waals surface area contributed by atoms with Crippen molar-refractivity contribution in [2.45, 2.75) is 12.5 Å². The minimum absolute atomic E-state index is 0. The fourth-order valence-corrected chi connectivity index (χ4v) is 0.440. The van der Waals surface area contributed by atoms with Gasteiger partial charge in [0, 0.05) is 6.92 Å². The second kappa shape index (κ2) is 4.82. The van der Waals surface area contributed by atoms with Gasteiger partial charge in [-0.05, 0) is 0 Å². The first kappa shape index (κ1) is 12.7. The van der Waals surface area contributed by atoms with E-state index in [4.69, 9.17) is 0 Å². The van der Waals surface area contributed by atoms with Crippen molar-refractivity contribution in [1.29, 1.82) is 0 Å². The largest absolute Gasteiger partial charge is 1.00 e. The number of halogens is 1. The number of carbonyl (C=O) groups is 1. The lowest BCUT2D eigenvalue weighted by Gasteiger charge is -2.13. The van der Waals surface area contributed by atoms with Crippen LogP contribution in [-0.4, -0.2) is 24.4 Å². The molecule has 1 atom stereocenters. The Balaban J connectivity index is 0. The zero-order chi connectivity index (χ0) is 7.49. The lowest BCUT2D eigenvalue weighted by Crippen LogP contribution is -3.00. The van der Waals surface area contributed by atoms with Crippen molar-refractivity contribution in [1.82, 2.24) is 0 Å². The molecule has 0 aromatic heterocycles. The smallest absolute Gasteiger partial charge is 0.368 e. The highest BCUT2D eigenvalue weighted by atomic mass is 35.5. The number of hydrogen-bond donors (Lipinski definition) is 2. The van der Waals surface area contributed by atoms with Crippen LogP contribution in [0.5, 0.6) is 0 Å². The fourth-order valence-electron chi connectivity index (χ4n) is 0.311. The highest BCUT2D eigenvalue weighted by molar-refractivity contribution is 7.80. The molecule has 0 unspecified atom stereocenters. The molecule has 62 valence electrons. The normalized spacial score (nSPS) is 14.8. The number of methoxy groups -OCH3 is 1. The number of carbonyl (C=O) groups excluding carboxylic acids is 1. The molecule has 0 aromatic rings. The van der Waals surface area contributed by atoms with E-state index in [1.54, 1.807) is 6.92 Å². The number of ether oxygens (including phenoxy) is 1. The fraction of sp³-hybridized carbons (Fsp3) is 0.800. The molecule has 0 fully saturated rings. The van der Waals surface area contributed by atoms with Gasteiger partial charge in [0.15, 0.2) is 5.54 Å². The Morgan fingerprint density at radius 2 is 2.20 bits per heavy atom. The second-order valence-corrected chi connectivity index (χ2v) is 2.53. The Labute approximate surface area is 72.1 Å². The summed E-state index contributed by atoms with van der Waals surface area (Å²) in [7, 11) is 1.34.